The van der Waals surface area contributed by atoms with E-state index in [9.17, 15) is 4.39 Å². The van der Waals surface area contributed by atoms with Crippen molar-refractivity contribution < 1.29 is 4.39 Å². The fraction of sp³-hybridized carbons (Fsp3) is 0.583. The molecule has 0 bridgehead atoms. The van der Waals surface area contributed by atoms with E-state index in [1.807, 2.05) is 39.0 Å². The molecule has 0 N–H and O–H groups in total. The fourth-order valence-corrected chi connectivity index (χ4v) is 3.63. The van der Waals surface area contributed by atoms with Crippen LogP contribution in [0.15, 0.2) is 59.8 Å². The molecular formula is C24H39F. The topological polar surface area (TPSA) is 0 Å². The van der Waals surface area contributed by atoms with Crippen LogP contribution in [-0.4, -0.2) is 6.67 Å². The van der Waals surface area contributed by atoms with Gasteiger partial charge in [0.25, 0.3) is 0 Å². The Bertz CT molecular complexity index is 502. The molecule has 0 nitrogen and oxygen atoms in total. The molecule has 0 heterocycles. The van der Waals surface area contributed by atoms with Crippen LogP contribution in [0.25, 0.3) is 0 Å². The van der Waals surface area contributed by atoms with Crippen LogP contribution in [0.3, 0.4) is 0 Å². The summed E-state index contributed by atoms with van der Waals surface area (Å²) in [5.74, 6) is 1.08. The van der Waals surface area contributed by atoms with Crippen molar-refractivity contribution in [2.75, 3.05) is 6.67 Å². The van der Waals surface area contributed by atoms with Crippen molar-refractivity contribution in [1.29, 1.82) is 0 Å². The maximum absolute atomic E-state index is 14.7. The molecule has 0 amide bonds. The number of halogens is 1. The molecule has 2 atom stereocenters. The normalized spacial score (nSPS) is 18.0. The lowest BCUT2D eigenvalue weighted by Gasteiger charge is -2.37. The van der Waals surface area contributed by atoms with Gasteiger partial charge in [0.15, 0.2) is 0 Å². The van der Waals surface area contributed by atoms with Crippen molar-refractivity contribution in [2.45, 2.75) is 67.7 Å². The van der Waals surface area contributed by atoms with E-state index in [2.05, 4.69) is 58.1 Å². The summed E-state index contributed by atoms with van der Waals surface area (Å²) < 4.78 is 14.7. The molecule has 1 unspecified atom stereocenters. The molecule has 0 spiro atoms. The first kappa shape index (κ1) is 23.6. The Kier molecular flexibility index (Phi) is 12.2. The number of rotatable bonds is 11. The van der Waals surface area contributed by atoms with Gasteiger partial charge in [0.2, 0.25) is 0 Å². The van der Waals surface area contributed by atoms with E-state index in [1.54, 1.807) is 0 Å². The zero-order chi connectivity index (χ0) is 19.3. The molecule has 0 aliphatic carbocycles. The Morgan fingerprint density at radius 1 is 1.00 bits per heavy atom. The van der Waals surface area contributed by atoms with E-state index in [0.29, 0.717) is 11.8 Å². The van der Waals surface area contributed by atoms with Gasteiger partial charge in [0.1, 0.15) is 6.67 Å². The van der Waals surface area contributed by atoms with Gasteiger partial charge in [0.05, 0.1) is 0 Å². The summed E-state index contributed by atoms with van der Waals surface area (Å²) in [5.41, 5.74) is 1.56. The minimum atomic E-state index is -0.583. The van der Waals surface area contributed by atoms with Crippen LogP contribution in [0.5, 0.6) is 0 Å². The van der Waals surface area contributed by atoms with Gasteiger partial charge in [0, 0.05) is 5.41 Å². The van der Waals surface area contributed by atoms with E-state index in [0.717, 1.165) is 30.4 Å². The van der Waals surface area contributed by atoms with E-state index < -0.39 is 5.41 Å². The molecule has 1 heteroatoms. The second-order valence-corrected chi connectivity index (χ2v) is 7.36. The summed E-state index contributed by atoms with van der Waals surface area (Å²) >= 11 is 0. The first-order chi connectivity index (χ1) is 11.9. The maximum Gasteiger partial charge on any atom is 0.103 e. The largest absolute Gasteiger partial charge is 0.250 e. The first-order valence-electron chi connectivity index (χ1n) is 9.77. The average Bonchev–Trinajstić information content (AvgIpc) is 2.57. The summed E-state index contributed by atoms with van der Waals surface area (Å²) in [7, 11) is 0. The van der Waals surface area contributed by atoms with Crippen LogP contribution >= 0.6 is 0 Å². The summed E-state index contributed by atoms with van der Waals surface area (Å²) in [6.45, 7) is 14.5. The standard InChI is InChI=1S/C24H39F/c1-8-12-15-22(11-4)24(19-25,18-21(7)17-20(5)6)23(14-10-3)16-13-9-2/h9-16,20-21H,8,17-19H2,1-7H3/b13-9-,14-10-,15-12-,22-11+,23-16+/t21-,24?/m0/s1. The molecule has 25 heavy (non-hydrogen) atoms. The highest BCUT2D eigenvalue weighted by atomic mass is 19.1. The average molecular weight is 347 g/mol. The predicted octanol–water partition coefficient (Wildman–Crippen LogP) is 8.01. The van der Waals surface area contributed by atoms with Crippen molar-refractivity contribution in [3.8, 4) is 0 Å². The number of allylic oxidation sites excluding steroid dienone is 10. The minimum Gasteiger partial charge on any atom is -0.250 e. The van der Waals surface area contributed by atoms with Gasteiger partial charge >= 0.3 is 0 Å². The van der Waals surface area contributed by atoms with Crippen molar-refractivity contribution >= 4 is 0 Å². The Balaban J connectivity index is 6.24. The minimum absolute atomic E-state index is 0.378. The third kappa shape index (κ3) is 7.59. The summed E-state index contributed by atoms with van der Waals surface area (Å²) in [4.78, 5) is 0. The molecule has 0 aromatic rings. The van der Waals surface area contributed by atoms with Crippen LogP contribution in [0, 0.1) is 17.3 Å². The third-order valence-corrected chi connectivity index (χ3v) is 4.56. The van der Waals surface area contributed by atoms with Crippen LogP contribution in [0.2, 0.25) is 0 Å². The van der Waals surface area contributed by atoms with Crippen molar-refractivity contribution in [1.82, 2.24) is 0 Å². The SMILES string of the molecule is C\C=C/C=C(\C=C/C)C(CF)(C[C@@H](C)CC(C)C)C(/C=C\CC)=C/C. The summed E-state index contributed by atoms with van der Waals surface area (Å²) in [6.07, 6.45) is 19.4. The molecule has 0 rings (SSSR count). The number of hydrogen-bond acceptors (Lipinski definition) is 0. The lowest BCUT2D eigenvalue weighted by molar-refractivity contribution is 0.239. The van der Waals surface area contributed by atoms with E-state index in [-0.39, 0.29) is 6.67 Å². The molecule has 0 aliphatic rings. The first-order valence-corrected chi connectivity index (χ1v) is 9.77. The van der Waals surface area contributed by atoms with E-state index >= 15 is 0 Å². The number of alkyl halides is 1. The molecule has 0 fully saturated rings. The zero-order valence-electron chi connectivity index (χ0n) is 17.5. The molecule has 0 radical (unpaired) electrons. The molecule has 142 valence electrons. The Labute approximate surface area is 156 Å². The van der Waals surface area contributed by atoms with Crippen LogP contribution in [0.4, 0.5) is 4.39 Å². The van der Waals surface area contributed by atoms with Gasteiger partial charge < -0.3 is 0 Å². The maximum atomic E-state index is 14.7. The second-order valence-electron chi connectivity index (χ2n) is 7.36. The lowest BCUT2D eigenvalue weighted by atomic mass is 9.67. The Morgan fingerprint density at radius 3 is 2.12 bits per heavy atom. The van der Waals surface area contributed by atoms with Crippen molar-refractivity contribution in [3.05, 3.63) is 59.8 Å². The summed E-state index contributed by atoms with van der Waals surface area (Å²) in [6, 6.07) is 0. The predicted molar refractivity (Wildman–Crippen MR) is 113 cm³/mol. The molecule has 0 aromatic carbocycles. The quantitative estimate of drug-likeness (QED) is 0.332. The van der Waals surface area contributed by atoms with Crippen LogP contribution in [0.1, 0.15) is 67.7 Å². The van der Waals surface area contributed by atoms with Crippen molar-refractivity contribution in [2.24, 2.45) is 17.3 Å². The molecule has 0 aromatic heterocycles. The van der Waals surface area contributed by atoms with Crippen LogP contribution < -0.4 is 0 Å². The third-order valence-electron chi connectivity index (χ3n) is 4.56. The molecular weight excluding hydrogens is 307 g/mol. The van der Waals surface area contributed by atoms with E-state index in [4.69, 9.17) is 0 Å². The molecule has 0 saturated carbocycles. The summed E-state index contributed by atoms with van der Waals surface area (Å²) in [5, 5.41) is 0. The van der Waals surface area contributed by atoms with Gasteiger partial charge in [-0.2, -0.15) is 0 Å². The highest BCUT2D eigenvalue weighted by Gasteiger charge is 2.37. The van der Waals surface area contributed by atoms with Crippen molar-refractivity contribution in [3.63, 3.8) is 0 Å². The Hall–Kier alpha value is -1.37. The van der Waals surface area contributed by atoms with Gasteiger partial charge in [-0.1, -0.05) is 76.3 Å². The molecule has 0 saturated heterocycles. The zero-order valence-corrected chi connectivity index (χ0v) is 17.5. The van der Waals surface area contributed by atoms with Gasteiger partial charge in [-0.25, -0.2) is 4.39 Å². The second kappa shape index (κ2) is 12.9. The van der Waals surface area contributed by atoms with Gasteiger partial charge in [-0.15, -0.1) is 0 Å². The monoisotopic (exact) mass is 346 g/mol. The highest BCUT2D eigenvalue weighted by Crippen LogP contribution is 2.44. The van der Waals surface area contributed by atoms with Gasteiger partial charge in [-0.05, 0) is 63.0 Å². The fourth-order valence-electron chi connectivity index (χ4n) is 3.63. The Morgan fingerprint density at radius 2 is 1.68 bits per heavy atom. The molecule has 0 aliphatic heterocycles. The number of hydrogen-bond donors (Lipinski definition) is 0. The smallest absolute Gasteiger partial charge is 0.103 e. The highest BCUT2D eigenvalue weighted by molar-refractivity contribution is 5.43. The van der Waals surface area contributed by atoms with E-state index in [1.165, 1.54) is 0 Å². The van der Waals surface area contributed by atoms with Gasteiger partial charge in [-0.3, -0.25) is 0 Å². The lowest BCUT2D eigenvalue weighted by Crippen LogP contribution is -2.30. The van der Waals surface area contributed by atoms with Crippen LogP contribution in [-0.2, 0) is 0 Å².